The summed E-state index contributed by atoms with van der Waals surface area (Å²) in [4.78, 5) is 22.1. The average molecular weight is 396 g/mol. The number of morpholine rings is 1. The van der Waals surface area contributed by atoms with E-state index in [4.69, 9.17) is 4.74 Å². The molecule has 0 saturated carbocycles. The molecule has 2 aromatic rings. The summed E-state index contributed by atoms with van der Waals surface area (Å²) in [5.74, 6) is 0.00631. The SMILES string of the molecule is Cc1ncccc1C(=O)N1CCO[C@@H](CN2CCC(O)CC2)[C@@H]1c1ccccc1. The van der Waals surface area contributed by atoms with Gasteiger partial charge in [0.05, 0.1) is 30.4 Å². The first-order valence-electron chi connectivity index (χ1n) is 10.4. The molecular weight excluding hydrogens is 366 g/mol. The summed E-state index contributed by atoms with van der Waals surface area (Å²) in [6, 6.07) is 13.7. The lowest BCUT2D eigenvalue weighted by atomic mass is 9.95. The molecule has 2 aliphatic heterocycles. The molecule has 1 aromatic heterocycles. The van der Waals surface area contributed by atoms with E-state index in [1.807, 2.05) is 42.2 Å². The third-order valence-corrected chi connectivity index (χ3v) is 5.99. The monoisotopic (exact) mass is 395 g/mol. The molecule has 2 atom stereocenters. The zero-order valence-corrected chi connectivity index (χ0v) is 16.9. The van der Waals surface area contributed by atoms with Crippen molar-refractivity contribution in [2.24, 2.45) is 0 Å². The minimum Gasteiger partial charge on any atom is -0.393 e. The van der Waals surface area contributed by atoms with Crippen LogP contribution in [0.5, 0.6) is 0 Å². The number of pyridine rings is 1. The van der Waals surface area contributed by atoms with Crippen LogP contribution < -0.4 is 0 Å². The van der Waals surface area contributed by atoms with Crippen molar-refractivity contribution in [2.45, 2.75) is 38.0 Å². The van der Waals surface area contributed by atoms with E-state index in [9.17, 15) is 9.90 Å². The number of aliphatic hydroxyl groups is 1. The van der Waals surface area contributed by atoms with Gasteiger partial charge in [0.15, 0.2) is 0 Å². The van der Waals surface area contributed by atoms with Gasteiger partial charge in [0.2, 0.25) is 0 Å². The standard InChI is InChI=1S/C23H29N3O3/c1-17-20(8-5-11-24-17)23(28)26-14-15-29-21(16-25-12-9-19(27)10-13-25)22(26)18-6-3-2-4-7-18/h2-8,11,19,21-22,27H,9-10,12-16H2,1H3/t21-,22-/m0/s1. The number of nitrogens with zero attached hydrogens (tertiary/aromatic N) is 3. The van der Waals surface area contributed by atoms with E-state index in [-0.39, 0.29) is 24.2 Å². The molecule has 1 N–H and O–H groups in total. The first-order valence-corrected chi connectivity index (χ1v) is 10.4. The van der Waals surface area contributed by atoms with E-state index < -0.39 is 0 Å². The number of carbonyl (C=O) groups excluding carboxylic acids is 1. The Kier molecular flexibility index (Phi) is 6.23. The van der Waals surface area contributed by atoms with Gasteiger partial charge in [-0.15, -0.1) is 0 Å². The zero-order chi connectivity index (χ0) is 20.2. The van der Waals surface area contributed by atoms with Gasteiger partial charge in [-0.1, -0.05) is 30.3 Å². The number of likely N-dealkylation sites (tertiary alicyclic amines) is 1. The predicted octanol–water partition coefficient (Wildman–Crippen LogP) is 2.43. The number of aromatic nitrogens is 1. The molecule has 3 heterocycles. The van der Waals surface area contributed by atoms with E-state index in [0.29, 0.717) is 18.7 Å². The molecule has 0 aliphatic carbocycles. The maximum atomic E-state index is 13.5. The van der Waals surface area contributed by atoms with Gasteiger partial charge in [0.25, 0.3) is 5.91 Å². The second-order valence-electron chi connectivity index (χ2n) is 7.93. The predicted molar refractivity (Wildman–Crippen MR) is 111 cm³/mol. The highest BCUT2D eigenvalue weighted by Gasteiger charge is 2.38. The summed E-state index contributed by atoms with van der Waals surface area (Å²) in [5, 5.41) is 9.81. The molecule has 4 rings (SSSR count). The number of ether oxygens (including phenoxy) is 1. The summed E-state index contributed by atoms with van der Waals surface area (Å²) in [7, 11) is 0. The molecule has 0 bridgehead atoms. The van der Waals surface area contributed by atoms with Crippen LogP contribution in [0.4, 0.5) is 0 Å². The van der Waals surface area contributed by atoms with Crippen LogP contribution in [0.1, 0.15) is 40.5 Å². The Balaban J connectivity index is 1.61. The second kappa shape index (κ2) is 9.03. The molecule has 29 heavy (non-hydrogen) atoms. The lowest BCUT2D eigenvalue weighted by molar-refractivity contribution is -0.0770. The van der Waals surface area contributed by atoms with Crippen LogP contribution in [-0.4, -0.2) is 70.8 Å². The molecule has 0 radical (unpaired) electrons. The average Bonchev–Trinajstić information content (AvgIpc) is 2.76. The Morgan fingerprint density at radius 1 is 1.14 bits per heavy atom. The Bertz CT molecular complexity index is 821. The van der Waals surface area contributed by atoms with Crippen molar-refractivity contribution in [3.8, 4) is 0 Å². The number of hydrogen-bond donors (Lipinski definition) is 1. The van der Waals surface area contributed by atoms with Crippen molar-refractivity contribution in [3.05, 3.63) is 65.5 Å². The van der Waals surface area contributed by atoms with Gasteiger partial charge in [-0.05, 0) is 37.5 Å². The number of amides is 1. The number of hydrogen-bond acceptors (Lipinski definition) is 5. The summed E-state index contributed by atoms with van der Waals surface area (Å²) >= 11 is 0. The highest BCUT2D eigenvalue weighted by Crippen LogP contribution is 2.32. The molecular formula is C23H29N3O3. The molecule has 2 aliphatic rings. The van der Waals surface area contributed by atoms with Crippen molar-refractivity contribution in [1.82, 2.24) is 14.8 Å². The topological polar surface area (TPSA) is 65.9 Å². The lowest BCUT2D eigenvalue weighted by Gasteiger charge is -2.44. The summed E-state index contributed by atoms with van der Waals surface area (Å²) in [6.07, 6.45) is 2.99. The molecule has 1 aromatic carbocycles. The van der Waals surface area contributed by atoms with Gasteiger partial charge in [-0.2, -0.15) is 0 Å². The highest BCUT2D eigenvalue weighted by atomic mass is 16.5. The van der Waals surface area contributed by atoms with Gasteiger partial charge in [-0.25, -0.2) is 0 Å². The van der Waals surface area contributed by atoms with Crippen LogP contribution in [0.15, 0.2) is 48.7 Å². The number of piperidine rings is 1. The number of aliphatic hydroxyl groups excluding tert-OH is 1. The van der Waals surface area contributed by atoms with Crippen molar-refractivity contribution in [1.29, 1.82) is 0 Å². The second-order valence-corrected chi connectivity index (χ2v) is 7.93. The minimum atomic E-state index is -0.199. The van der Waals surface area contributed by atoms with Crippen molar-refractivity contribution >= 4 is 5.91 Å². The van der Waals surface area contributed by atoms with E-state index in [1.165, 1.54) is 0 Å². The van der Waals surface area contributed by atoms with Crippen LogP contribution >= 0.6 is 0 Å². The summed E-state index contributed by atoms with van der Waals surface area (Å²) in [5.41, 5.74) is 2.48. The fourth-order valence-corrected chi connectivity index (χ4v) is 4.38. The smallest absolute Gasteiger partial charge is 0.256 e. The largest absolute Gasteiger partial charge is 0.393 e. The minimum absolute atomic E-state index is 0.00631. The Labute approximate surface area is 172 Å². The van der Waals surface area contributed by atoms with Crippen molar-refractivity contribution in [2.75, 3.05) is 32.8 Å². The van der Waals surface area contributed by atoms with Gasteiger partial charge in [0, 0.05) is 38.1 Å². The number of carbonyl (C=O) groups is 1. The van der Waals surface area contributed by atoms with E-state index >= 15 is 0 Å². The van der Waals surface area contributed by atoms with Gasteiger partial charge >= 0.3 is 0 Å². The summed E-state index contributed by atoms with van der Waals surface area (Å²) < 4.78 is 6.21. The van der Waals surface area contributed by atoms with Crippen molar-refractivity contribution in [3.63, 3.8) is 0 Å². The highest BCUT2D eigenvalue weighted by molar-refractivity contribution is 5.95. The fourth-order valence-electron chi connectivity index (χ4n) is 4.38. The van der Waals surface area contributed by atoms with E-state index in [0.717, 1.165) is 43.7 Å². The molecule has 154 valence electrons. The van der Waals surface area contributed by atoms with Crippen LogP contribution in [0, 0.1) is 6.92 Å². The summed E-state index contributed by atoms with van der Waals surface area (Å²) in [6.45, 7) is 5.43. The zero-order valence-electron chi connectivity index (χ0n) is 16.9. The van der Waals surface area contributed by atoms with Crippen LogP contribution in [0.3, 0.4) is 0 Å². The quantitative estimate of drug-likeness (QED) is 0.861. The normalized spacial score (nSPS) is 23.9. The molecule has 2 fully saturated rings. The van der Waals surface area contributed by atoms with Crippen LogP contribution in [-0.2, 0) is 4.74 Å². The number of aryl methyl sites for hydroxylation is 1. The molecule has 0 spiro atoms. The van der Waals surface area contributed by atoms with E-state index in [1.54, 1.807) is 6.20 Å². The Morgan fingerprint density at radius 3 is 2.62 bits per heavy atom. The first kappa shape index (κ1) is 20.0. The van der Waals surface area contributed by atoms with Gasteiger partial charge in [0.1, 0.15) is 0 Å². The van der Waals surface area contributed by atoms with Crippen molar-refractivity contribution < 1.29 is 14.6 Å². The molecule has 1 amide bonds. The van der Waals surface area contributed by atoms with Crippen LogP contribution in [0.2, 0.25) is 0 Å². The molecule has 6 heteroatoms. The third-order valence-electron chi connectivity index (χ3n) is 5.99. The van der Waals surface area contributed by atoms with Crippen LogP contribution in [0.25, 0.3) is 0 Å². The Morgan fingerprint density at radius 2 is 1.90 bits per heavy atom. The van der Waals surface area contributed by atoms with E-state index in [2.05, 4.69) is 22.0 Å². The van der Waals surface area contributed by atoms with Gasteiger partial charge in [-0.3, -0.25) is 9.78 Å². The number of benzene rings is 1. The maximum Gasteiger partial charge on any atom is 0.256 e. The Hall–Kier alpha value is -2.28. The maximum absolute atomic E-state index is 13.5. The first-order chi connectivity index (χ1) is 14.1. The third kappa shape index (κ3) is 4.50. The number of rotatable bonds is 4. The fraction of sp³-hybridized carbons (Fsp3) is 0.478. The molecule has 2 saturated heterocycles. The van der Waals surface area contributed by atoms with Gasteiger partial charge < -0.3 is 19.6 Å². The lowest BCUT2D eigenvalue weighted by Crippen LogP contribution is -2.53. The molecule has 0 unspecified atom stereocenters. The molecule has 6 nitrogen and oxygen atoms in total.